The molecule has 3 heteroatoms. The molecule has 3 atom stereocenters. The molecule has 1 heterocycles. The van der Waals surface area contributed by atoms with Crippen LogP contribution in [0, 0.1) is 5.92 Å². The average molecular weight is 369 g/mol. The Balaban J connectivity index is 1.55. The summed E-state index contributed by atoms with van der Waals surface area (Å²) in [5.41, 5.74) is 5.65. The minimum atomic E-state index is 0.610. The van der Waals surface area contributed by atoms with Crippen LogP contribution in [0.3, 0.4) is 0 Å². The lowest BCUT2D eigenvalue weighted by atomic mass is 9.74. The maximum absolute atomic E-state index is 6.57. The molecule has 2 aromatic rings. The molecule has 0 bridgehead atoms. The Morgan fingerprint density at radius 1 is 1.19 bits per heavy atom. The summed E-state index contributed by atoms with van der Waals surface area (Å²) in [5.74, 6) is 1.45. The van der Waals surface area contributed by atoms with Crippen molar-refractivity contribution in [3.05, 3.63) is 64.2 Å². The summed E-state index contributed by atoms with van der Waals surface area (Å²) in [6, 6.07) is 16.3. The smallest absolute Gasteiger partial charge is 0.0642 e. The fraction of sp³-hybridized carbons (Fsp3) is 0.478. The van der Waals surface area contributed by atoms with Gasteiger partial charge in [0.1, 0.15) is 0 Å². The number of nitrogens with zero attached hydrogens (tertiary/aromatic N) is 2. The Kier molecular flexibility index (Phi) is 4.98. The van der Waals surface area contributed by atoms with Crippen LogP contribution >= 0.6 is 11.6 Å². The van der Waals surface area contributed by atoms with Gasteiger partial charge in [-0.05, 0) is 68.0 Å². The van der Waals surface area contributed by atoms with Gasteiger partial charge >= 0.3 is 0 Å². The second-order valence-corrected chi connectivity index (χ2v) is 8.43. The highest BCUT2D eigenvalue weighted by molar-refractivity contribution is 6.33. The number of hydrogen-bond donors (Lipinski definition) is 0. The third-order valence-electron chi connectivity index (χ3n) is 6.61. The van der Waals surface area contributed by atoms with Crippen LogP contribution in [0.1, 0.15) is 36.0 Å². The van der Waals surface area contributed by atoms with Crippen LogP contribution in [-0.2, 0) is 12.8 Å². The Hall–Kier alpha value is -1.51. The standard InChI is InChI=1S/C23H29ClN2/c1-4-25(2)22-12-9-16(13-21(22)24)14-23-19-11-10-17-7-5-6-8-18(17)20(19)15-26(23)3/h5-9,12-13,19-20,23H,4,10-11,14-15H2,1-3H3. The van der Waals surface area contributed by atoms with Gasteiger partial charge in [0.15, 0.2) is 0 Å². The fourth-order valence-corrected chi connectivity index (χ4v) is 5.40. The van der Waals surface area contributed by atoms with Crippen LogP contribution in [0.5, 0.6) is 0 Å². The van der Waals surface area contributed by atoms with E-state index in [0.717, 1.165) is 29.6 Å². The van der Waals surface area contributed by atoms with E-state index >= 15 is 0 Å². The van der Waals surface area contributed by atoms with Gasteiger partial charge in [-0.3, -0.25) is 0 Å². The number of benzene rings is 2. The van der Waals surface area contributed by atoms with Crippen molar-refractivity contribution in [3.63, 3.8) is 0 Å². The molecular formula is C23H29ClN2. The number of rotatable bonds is 4. The molecule has 138 valence electrons. The normalized spacial score (nSPS) is 25.0. The van der Waals surface area contributed by atoms with Crippen LogP contribution in [0.2, 0.25) is 5.02 Å². The van der Waals surface area contributed by atoms with E-state index in [2.05, 4.69) is 73.3 Å². The summed E-state index contributed by atoms with van der Waals surface area (Å²) in [7, 11) is 4.39. The van der Waals surface area contributed by atoms with Gasteiger partial charge in [0.05, 0.1) is 10.7 Å². The maximum Gasteiger partial charge on any atom is 0.0642 e. The molecule has 1 aliphatic carbocycles. The fourth-order valence-electron chi connectivity index (χ4n) is 5.05. The molecule has 0 N–H and O–H groups in total. The lowest BCUT2D eigenvalue weighted by molar-refractivity contribution is 0.259. The third kappa shape index (κ3) is 3.14. The summed E-state index contributed by atoms with van der Waals surface area (Å²) in [6.45, 7) is 4.29. The predicted octanol–water partition coefficient (Wildman–Crippen LogP) is 5.00. The van der Waals surface area contributed by atoms with Crippen molar-refractivity contribution in [2.24, 2.45) is 5.92 Å². The van der Waals surface area contributed by atoms with E-state index in [1.807, 2.05) is 0 Å². The summed E-state index contributed by atoms with van der Waals surface area (Å²) in [6.07, 6.45) is 3.62. The van der Waals surface area contributed by atoms with Crippen molar-refractivity contribution < 1.29 is 0 Å². The largest absolute Gasteiger partial charge is 0.374 e. The number of fused-ring (bicyclic) bond motifs is 3. The molecule has 1 saturated heterocycles. The lowest BCUT2D eigenvalue weighted by Gasteiger charge is -2.31. The van der Waals surface area contributed by atoms with Crippen molar-refractivity contribution in [2.45, 2.75) is 38.1 Å². The Bertz CT molecular complexity index is 788. The predicted molar refractivity (Wildman–Crippen MR) is 112 cm³/mol. The quantitative estimate of drug-likeness (QED) is 0.749. The first-order valence-corrected chi connectivity index (χ1v) is 10.2. The first-order chi connectivity index (χ1) is 12.6. The van der Waals surface area contributed by atoms with E-state index in [9.17, 15) is 0 Å². The first-order valence-electron chi connectivity index (χ1n) is 9.86. The summed E-state index contributed by atoms with van der Waals surface area (Å²) in [4.78, 5) is 4.78. The zero-order valence-electron chi connectivity index (χ0n) is 16.1. The molecule has 2 aromatic carbocycles. The maximum atomic E-state index is 6.57. The first kappa shape index (κ1) is 17.9. The topological polar surface area (TPSA) is 6.48 Å². The van der Waals surface area contributed by atoms with Crippen molar-refractivity contribution in [1.29, 1.82) is 0 Å². The van der Waals surface area contributed by atoms with E-state index in [1.54, 1.807) is 11.1 Å². The highest BCUT2D eigenvalue weighted by Crippen LogP contribution is 2.45. The minimum absolute atomic E-state index is 0.610. The van der Waals surface area contributed by atoms with Gasteiger partial charge in [-0.15, -0.1) is 0 Å². The van der Waals surface area contributed by atoms with E-state index in [4.69, 9.17) is 11.6 Å². The minimum Gasteiger partial charge on any atom is -0.374 e. The van der Waals surface area contributed by atoms with Crippen molar-refractivity contribution in [3.8, 4) is 0 Å². The van der Waals surface area contributed by atoms with E-state index in [-0.39, 0.29) is 0 Å². The molecule has 0 spiro atoms. The molecule has 2 aliphatic rings. The Morgan fingerprint density at radius 2 is 2.00 bits per heavy atom. The van der Waals surface area contributed by atoms with Crippen LogP contribution in [0.4, 0.5) is 5.69 Å². The number of hydrogen-bond acceptors (Lipinski definition) is 2. The van der Waals surface area contributed by atoms with Crippen LogP contribution in [0.25, 0.3) is 0 Å². The Morgan fingerprint density at radius 3 is 2.77 bits per heavy atom. The van der Waals surface area contributed by atoms with Crippen molar-refractivity contribution in [1.82, 2.24) is 4.90 Å². The van der Waals surface area contributed by atoms with Gasteiger partial charge < -0.3 is 9.80 Å². The highest BCUT2D eigenvalue weighted by Gasteiger charge is 2.42. The number of anilines is 1. The molecule has 26 heavy (non-hydrogen) atoms. The molecule has 3 unspecified atom stereocenters. The van der Waals surface area contributed by atoms with Crippen molar-refractivity contribution >= 4 is 17.3 Å². The van der Waals surface area contributed by atoms with Crippen LogP contribution < -0.4 is 4.90 Å². The summed E-state index contributed by atoms with van der Waals surface area (Å²) >= 11 is 6.57. The average Bonchev–Trinajstić information content (AvgIpc) is 2.97. The molecule has 0 saturated carbocycles. The number of halogens is 1. The molecule has 4 rings (SSSR count). The van der Waals surface area contributed by atoms with Gasteiger partial charge in [-0.1, -0.05) is 41.9 Å². The van der Waals surface area contributed by atoms with E-state index < -0.39 is 0 Å². The van der Waals surface area contributed by atoms with Crippen LogP contribution in [-0.4, -0.2) is 38.1 Å². The number of likely N-dealkylation sites (N-methyl/N-ethyl adjacent to an activating group) is 1. The van der Waals surface area contributed by atoms with Gasteiger partial charge in [0, 0.05) is 32.1 Å². The van der Waals surface area contributed by atoms with Gasteiger partial charge in [-0.2, -0.15) is 0 Å². The summed E-state index contributed by atoms with van der Waals surface area (Å²) < 4.78 is 0. The van der Waals surface area contributed by atoms with Gasteiger partial charge in [-0.25, -0.2) is 0 Å². The number of likely N-dealkylation sites (tertiary alicyclic amines) is 1. The zero-order valence-corrected chi connectivity index (χ0v) is 16.8. The second kappa shape index (κ2) is 7.25. The van der Waals surface area contributed by atoms with Gasteiger partial charge in [0.2, 0.25) is 0 Å². The van der Waals surface area contributed by atoms with E-state index in [1.165, 1.54) is 24.9 Å². The third-order valence-corrected chi connectivity index (χ3v) is 6.91. The van der Waals surface area contributed by atoms with Crippen LogP contribution in [0.15, 0.2) is 42.5 Å². The SMILES string of the molecule is CCN(C)c1ccc(CC2C3CCc4ccccc4C3CN2C)cc1Cl. The molecule has 2 nitrogen and oxygen atoms in total. The Labute approximate surface area is 162 Å². The summed E-state index contributed by atoms with van der Waals surface area (Å²) in [5, 5.41) is 0.873. The number of aryl methyl sites for hydroxylation is 1. The highest BCUT2D eigenvalue weighted by atomic mass is 35.5. The van der Waals surface area contributed by atoms with Gasteiger partial charge in [0.25, 0.3) is 0 Å². The van der Waals surface area contributed by atoms with E-state index in [0.29, 0.717) is 12.0 Å². The molecular weight excluding hydrogens is 340 g/mol. The lowest BCUT2D eigenvalue weighted by Crippen LogP contribution is -2.32. The zero-order chi connectivity index (χ0) is 18.3. The van der Waals surface area contributed by atoms with Crippen molar-refractivity contribution in [2.75, 3.05) is 32.1 Å². The molecule has 1 aliphatic heterocycles. The molecule has 0 aromatic heterocycles. The second-order valence-electron chi connectivity index (χ2n) is 8.02. The molecule has 0 amide bonds. The molecule has 1 fully saturated rings. The molecule has 0 radical (unpaired) electrons. The monoisotopic (exact) mass is 368 g/mol.